The van der Waals surface area contributed by atoms with Gasteiger partial charge in [-0.15, -0.1) is 0 Å². The number of ether oxygens (including phenoxy) is 2. The third kappa shape index (κ3) is 6.90. The standard InChI is InChI=1S/C10H19NO4/c1-5-14-9(12)6-11-10(13)8(4)15-7(2)3/h7-8H,5-6H2,1-4H3,(H,11,13). The molecule has 1 N–H and O–H groups in total. The van der Waals surface area contributed by atoms with Gasteiger partial charge in [0.15, 0.2) is 0 Å². The SMILES string of the molecule is CCOC(=O)CNC(=O)C(C)OC(C)C. The van der Waals surface area contributed by atoms with Crippen LogP contribution in [0.1, 0.15) is 27.7 Å². The number of amides is 1. The number of hydrogen-bond donors (Lipinski definition) is 1. The van der Waals surface area contributed by atoms with E-state index < -0.39 is 12.1 Å². The molecule has 15 heavy (non-hydrogen) atoms. The predicted molar refractivity (Wildman–Crippen MR) is 55.3 cm³/mol. The van der Waals surface area contributed by atoms with E-state index in [1.165, 1.54) is 0 Å². The molecule has 1 amide bonds. The molecule has 0 spiro atoms. The van der Waals surface area contributed by atoms with Crippen molar-refractivity contribution in [3.8, 4) is 0 Å². The molecule has 1 atom stereocenters. The molecule has 0 aliphatic carbocycles. The van der Waals surface area contributed by atoms with Gasteiger partial charge in [-0.25, -0.2) is 0 Å². The second-order valence-corrected chi connectivity index (χ2v) is 3.35. The lowest BCUT2D eigenvalue weighted by Gasteiger charge is -2.15. The van der Waals surface area contributed by atoms with Gasteiger partial charge >= 0.3 is 5.97 Å². The Balaban J connectivity index is 3.78. The van der Waals surface area contributed by atoms with Gasteiger partial charge in [0, 0.05) is 0 Å². The van der Waals surface area contributed by atoms with Gasteiger partial charge in [0.25, 0.3) is 0 Å². The van der Waals surface area contributed by atoms with Gasteiger partial charge in [-0.2, -0.15) is 0 Å². The first kappa shape index (κ1) is 13.9. The van der Waals surface area contributed by atoms with Crippen molar-refractivity contribution in [2.24, 2.45) is 0 Å². The van der Waals surface area contributed by atoms with Crippen molar-refractivity contribution in [2.45, 2.75) is 39.9 Å². The van der Waals surface area contributed by atoms with Crippen LogP contribution in [0.25, 0.3) is 0 Å². The summed E-state index contributed by atoms with van der Waals surface area (Å²) < 4.78 is 9.90. The molecule has 5 heteroatoms. The van der Waals surface area contributed by atoms with Gasteiger partial charge in [0.1, 0.15) is 12.6 Å². The molecule has 0 saturated heterocycles. The van der Waals surface area contributed by atoms with Crippen molar-refractivity contribution in [3.05, 3.63) is 0 Å². The molecule has 5 nitrogen and oxygen atoms in total. The van der Waals surface area contributed by atoms with Gasteiger partial charge in [-0.05, 0) is 27.7 Å². The Hall–Kier alpha value is -1.10. The zero-order valence-electron chi connectivity index (χ0n) is 9.70. The number of carbonyl (C=O) groups is 2. The number of nitrogens with one attached hydrogen (secondary N) is 1. The average Bonchev–Trinajstić information content (AvgIpc) is 2.13. The van der Waals surface area contributed by atoms with Crippen molar-refractivity contribution in [1.29, 1.82) is 0 Å². The smallest absolute Gasteiger partial charge is 0.325 e. The van der Waals surface area contributed by atoms with Crippen LogP contribution in [0.3, 0.4) is 0 Å². The Bertz CT molecular complexity index is 215. The summed E-state index contributed by atoms with van der Waals surface area (Å²) in [6.45, 7) is 7.24. The summed E-state index contributed by atoms with van der Waals surface area (Å²) in [7, 11) is 0. The van der Waals surface area contributed by atoms with Crippen LogP contribution in [-0.2, 0) is 19.1 Å². The third-order valence-electron chi connectivity index (χ3n) is 1.56. The van der Waals surface area contributed by atoms with Crippen LogP contribution in [0.2, 0.25) is 0 Å². The maximum Gasteiger partial charge on any atom is 0.325 e. The van der Waals surface area contributed by atoms with Crippen LogP contribution in [0, 0.1) is 0 Å². The summed E-state index contributed by atoms with van der Waals surface area (Å²) in [4.78, 5) is 22.3. The second-order valence-electron chi connectivity index (χ2n) is 3.35. The van der Waals surface area contributed by atoms with Crippen LogP contribution in [-0.4, -0.2) is 37.2 Å². The largest absolute Gasteiger partial charge is 0.465 e. The van der Waals surface area contributed by atoms with E-state index in [1.54, 1.807) is 13.8 Å². The molecular formula is C10H19NO4. The first-order valence-electron chi connectivity index (χ1n) is 5.06. The Morgan fingerprint density at radius 1 is 1.27 bits per heavy atom. The van der Waals surface area contributed by atoms with E-state index in [1.807, 2.05) is 13.8 Å². The Morgan fingerprint density at radius 2 is 1.87 bits per heavy atom. The number of hydrogen-bond acceptors (Lipinski definition) is 4. The molecule has 0 fully saturated rings. The van der Waals surface area contributed by atoms with Gasteiger partial charge in [0.2, 0.25) is 5.91 Å². The molecule has 0 aliphatic rings. The van der Waals surface area contributed by atoms with Gasteiger partial charge < -0.3 is 14.8 Å². The maximum atomic E-state index is 11.3. The van der Waals surface area contributed by atoms with Crippen LogP contribution in [0.5, 0.6) is 0 Å². The fourth-order valence-corrected chi connectivity index (χ4v) is 0.985. The lowest BCUT2D eigenvalue weighted by molar-refractivity contribution is -0.145. The van der Waals surface area contributed by atoms with Gasteiger partial charge in [-0.3, -0.25) is 9.59 Å². The molecule has 0 aromatic carbocycles. The highest BCUT2D eigenvalue weighted by atomic mass is 16.5. The average molecular weight is 217 g/mol. The van der Waals surface area contributed by atoms with Gasteiger partial charge in [0.05, 0.1) is 12.7 Å². The van der Waals surface area contributed by atoms with Crippen molar-refractivity contribution >= 4 is 11.9 Å². The molecule has 0 bridgehead atoms. The lowest BCUT2D eigenvalue weighted by Crippen LogP contribution is -2.39. The Labute approximate surface area is 90.1 Å². The number of carbonyl (C=O) groups excluding carboxylic acids is 2. The Kier molecular flexibility index (Phi) is 6.70. The summed E-state index contributed by atoms with van der Waals surface area (Å²) in [6, 6.07) is 0. The van der Waals surface area contributed by atoms with E-state index in [0.717, 1.165) is 0 Å². The topological polar surface area (TPSA) is 64.6 Å². The van der Waals surface area contributed by atoms with Crippen molar-refractivity contribution in [2.75, 3.05) is 13.2 Å². The highest BCUT2D eigenvalue weighted by Gasteiger charge is 2.15. The van der Waals surface area contributed by atoms with Crippen LogP contribution in [0.4, 0.5) is 0 Å². The molecule has 1 unspecified atom stereocenters. The third-order valence-corrected chi connectivity index (χ3v) is 1.56. The van der Waals surface area contributed by atoms with E-state index >= 15 is 0 Å². The minimum atomic E-state index is -0.556. The molecule has 0 radical (unpaired) electrons. The molecule has 0 rings (SSSR count). The molecule has 0 aromatic heterocycles. The zero-order valence-corrected chi connectivity index (χ0v) is 9.70. The highest BCUT2D eigenvalue weighted by Crippen LogP contribution is 1.96. The highest BCUT2D eigenvalue weighted by molar-refractivity contribution is 5.84. The fourth-order valence-electron chi connectivity index (χ4n) is 0.985. The molecule has 0 aromatic rings. The lowest BCUT2D eigenvalue weighted by atomic mass is 10.3. The minimum absolute atomic E-state index is 0.0201. The molecule has 0 saturated carbocycles. The number of rotatable bonds is 6. The monoisotopic (exact) mass is 217 g/mol. The normalized spacial score (nSPS) is 12.3. The summed E-state index contributed by atoms with van der Waals surface area (Å²) in [6.07, 6.45) is -0.576. The maximum absolute atomic E-state index is 11.3. The van der Waals surface area contributed by atoms with Gasteiger partial charge in [-0.1, -0.05) is 0 Å². The first-order chi connectivity index (χ1) is 6.97. The number of esters is 1. The van der Waals surface area contributed by atoms with Crippen molar-refractivity contribution < 1.29 is 19.1 Å². The Morgan fingerprint density at radius 3 is 2.33 bits per heavy atom. The summed E-state index contributed by atoms with van der Waals surface area (Å²) in [5, 5.41) is 2.43. The fraction of sp³-hybridized carbons (Fsp3) is 0.800. The quantitative estimate of drug-likeness (QED) is 0.657. The first-order valence-corrected chi connectivity index (χ1v) is 5.06. The summed E-state index contributed by atoms with van der Waals surface area (Å²) in [5.41, 5.74) is 0. The summed E-state index contributed by atoms with van der Waals surface area (Å²) in [5.74, 6) is -0.751. The predicted octanol–water partition coefficient (Wildman–Crippen LogP) is 0.479. The van der Waals surface area contributed by atoms with E-state index in [4.69, 9.17) is 4.74 Å². The second kappa shape index (κ2) is 7.23. The molecule has 88 valence electrons. The van der Waals surface area contributed by atoms with E-state index in [-0.39, 0.29) is 18.6 Å². The van der Waals surface area contributed by atoms with E-state index in [0.29, 0.717) is 6.61 Å². The van der Waals surface area contributed by atoms with E-state index in [2.05, 4.69) is 10.1 Å². The van der Waals surface area contributed by atoms with Crippen molar-refractivity contribution in [3.63, 3.8) is 0 Å². The molecule has 0 aliphatic heterocycles. The van der Waals surface area contributed by atoms with Crippen LogP contribution < -0.4 is 5.32 Å². The van der Waals surface area contributed by atoms with Crippen molar-refractivity contribution in [1.82, 2.24) is 5.32 Å². The van der Waals surface area contributed by atoms with E-state index in [9.17, 15) is 9.59 Å². The molecule has 0 heterocycles. The zero-order chi connectivity index (χ0) is 11.8. The molecular weight excluding hydrogens is 198 g/mol. The van der Waals surface area contributed by atoms with Crippen LogP contribution in [0.15, 0.2) is 0 Å². The van der Waals surface area contributed by atoms with Crippen LogP contribution >= 0.6 is 0 Å². The minimum Gasteiger partial charge on any atom is -0.465 e. The summed E-state index contributed by atoms with van der Waals surface area (Å²) >= 11 is 0.